The van der Waals surface area contributed by atoms with Crippen LogP contribution in [-0.2, 0) is 6.42 Å². The van der Waals surface area contributed by atoms with E-state index in [1.165, 1.54) is 11.3 Å². The van der Waals surface area contributed by atoms with E-state index in [4.69, 9.17) is 0 Å². The van der Waals surface area contributed by atoms with Gasteiger partial charge in [-0.1, -0.05) is 13.8 Å². The number of carbonyl (C=O) groups excluding carboxylic acids is 1. The standard InChI is InChI=1S/C17H24N2O/c1-12(2)15-7-9-19(11-15)17(20)14-5-6-16-13(10-14)4-3-8-18-16/h5-6,10,12,15,18H,3-4,7-9,11H2,1-2H3. The Morgan fingerprint density at radius 1 is 1.40 bits per heavy atom. The molecule has 3 heteroatoms. The maximum absolute atomic E-state index is 12.6. The van der Waals surface area contributed by atoms with E-state index in [1.54, 1.807) is 0 Å². The van der Waals surface area contributed by atoms with E-state index in [0.717, 1.165) is 44.5 Å². The van der Waals surface area contributed by atoms with Crippen molar-refractivity contribution in [1.82, 2.24) is 4.90 Å². The van der Waals surface area contributed by atoms with Crippen molar-refractivity contribution in [3.8, 4) is 0 Å². The van der Waals surface area contributed by atoms with E-state index in [1.807, 2.05) is 11.0 Å². The molecule has 2 aliphatic heterocycles. The molecule has 3 rings (SSSR count). The van der Waals surface area contributed by atoms with Gasteiger partial charge in [-0.25, -0.2) is 0 Å². The monoisotopic (exact) mass is 272 g/mol. The molecular weight excluding hydrogens is 248 g/mol. The normalized spacial score (nSPS) is 21.8. The Hall–Kier alpha value is -1.51. The van der Waals surface area contributed by atoms with Gasteiger partial charge >= 0.3 is 0 Å². The van der Waals surface area contributed by atoms with Crippen LogP contribution in [0.1, 0.15) is 42.6 Å². The quantitative estimate of drug-likeness (QED) is 0.897. The lowest BCUT2D eigenvalue weighted by molar-refractivity contribution is 0.0784. The van der Waals surface area contributed by atoms with Gasteiger partial charge in [0.15, 0.2) is 0 Å². The molecule has 1 fully saturated rings. The molecule has 20 heavy (non-hydrogen) atoms. The Labute approximate surface area is 121 Å². The first-order chi connectivity index (χ1) is 9.65. The molecule has 108 valence electrons. The number of nitrogens with zero attached hydrogens (tertiary/aromatic N) is 1. The second kappa shape index (κ2) is 5.47. The number of benzene rings is 1. The summed E-state index contributed by atoms with van der Waals surface area (Å²) in [7, 11) is 0. The van der Waals surface area contributed by atoms with Gasteiger partial charge in [0.1, 0.15) is 0 Å². The third kappa shape index (κ3) is 2.54. The van der Waals surface area contributed by atoms with E-state index >= 15 is 0 Å². The van der Waals surface area contributed by atoms with Crippen molar-refractivity contribution < 1.29 is 4.79 Å². The van der Waals surface area contributed by atoms with Gasteiger partial charge in [0.25, 0.3) is 5.91 Å². The second-order valence-electron chi connectivity index (χ2n) is 6.45. The number of hydrogen-bond acceptors (Lipinski definition) is 2. The van der Waals surface area contributed by atoms with Crippen molar-refractivity contribution in [2.24, 2.45) is 11.8 Å². The zero-order valence-electron chi connectivity index (χ0n) is 12.5. The van der Waals surface area contributed by atoms with Crippen molar-refractivity contribution in [2.75, 3.05) is 25.0 Å². The fourth-order valence-corrected chi connectivity index (χ4v) is 3.31. The summed E-state index contributed by atoms with van der Waals surface area (Å²) in [4.78, 5) is 14.6. The average molecular weight is 272 g/mol. The minimum Gasteiger partial charge on any atom is -0.385 e. The van der Waals surface area contributed by atoms with Gasteiger partial charge in [-0.15, -0.1) is 0 Å². The molecule has 0 aromatic heterocycles. The Morgan fingerprint density at radius 3 is 3.00 bits per heavy atom. The van der Waals surface area contributed by atoms with Crippen LogP contribution >= 0.6 is 0 Å². The van der Waals surface area contributed by atoms with Crippen LogP contribution in [0.2, 0.25) is 0 Å². The highest BCUT2D eigenvalue weighted by Gasteiger charge is 2.28. The Kier molecular flexibility index (Phi) is 3.68. The van der Waals surface area contributed by atoms with Crippen LogP contribution in [0.4, 0.5) is 5.69 Å². The molecular formula is C17H24N2O. The lowest BCUT2D eigenvalue weighted by Crippen LogP contribution is -2.29. The molecule has 0 radical (unpaired) electrons. The van der Waals surface area contributed by atoms with Gasteiger partial charge in [-0.05, 0) is 54.9 Å². The topological polar surface area (TPSA) is 32.3 Å². The molecule has 2 heterocycles. The van der Waals surface area contributed by atoms with Crippen LogP contribution < -0.4 is 5.32 Å². The van der Waals surface area contributed by atoms with Crippen LogP contribution in [0.15, 0.2) is 18.2 Å². The van der Waals surface area contributed by atoms with Gasteiger partial charge in [0, 0.05) is 30.9 Å². The molecule has 1 aromatic rings. The molecule has 0 bridgehead atoms. The SMILES string of the molecule is CC(C)C1CCN(C(=O)c2ccc3c(c2)CCCN3)C1. The smallest absolute Gasteiger partial charge is 0.253 e. The fourth-order valence-electron chi connectivity index (χ4n) is 3.31. The lowest BCUT2D eigenvalue weighted by Gasteiger charge is -2.21. The molecule has 2 aliphatic rings. The summed E-state index contributed by atoms with van der Waals surface area (Å²) >= 11 is 0. The predicted molar refractivity (Wildman–Crippen MR) is 82.1 cm³/mol. The maximum atomic E-state index is 12.6. The zero-order valence-corrected chi connectivity index (χ0v) is 12.5. The molecule has 0 aliphatic carbocycles. The van der Waals surface area contributed by atoms with Gasteiger partial charge in [0.05, 0.1) is 0 Å². The van der Waals surface area contributed by atoms with Gasteiger partial charge in [-0.2, -0.15) is 0 Å². The molecule has 3 nitrogen and oxygen atoms in total. The van der Waals surface area contributed by atoms with Crippen LogP contribution in [0.3, 0.4) is 0 Å². The highest BCUT2D eigenvalue weighted by Crippen LogP contribution is 2.27. The average Bonchev–Trinajstić information content (AvgIpc) is 2.96. The molecule has 1 amide bonds. The summed E-state index contributed by atoms with van der Waals surface area (Å²) in [5.74, 6) is 1.54. The molecule has 1 N–H and O–H groups in total. The third-order valence-corrected chi connectivity index (χ3v) is 4.75. The minimum atomic E-state index is 0.210. The zero-order chi connectivity index (χ0) is 14.1. The highest BCUT2D eigenvalue weighted by molar-refractivity contribution is 5.95. The molecule has 0 spiro atoms. The van der Waals surface area contributed by atoms with Gasteiger partial charge < -0.3 is 10.2 Å². The first-order valence-corrected chi connectivity index (χ1v) is 7.81. The van der Waals surface area contributed by atoms with E-state index in [0.29, 0.717) is 11.8 Å². The molecule has 1 aromatic carbocycles. The molecule has 1 unspecified atom stereocenters. The van der Waals surface area contributed by atoms with Crippen LogP contribution in [0.25, 0.3) is 0 Å². The predicted octanol–water partition coefficient (Wildman–Crippen LogP) is 3.16. The number of amides is 1. The van der Waals surface area contributed by atoms with Gasteiger partial charge in [0.2, 0.25) is 0 Å². The van der Waals surface area contributed by atoms with Crippen LogP contribution in [-0.4, -0.2) is 30.4 Å². The minimum absolute atomic E-state index is 0.210. The van der Waals surface area contributed by atoms with Gasteiger partial charge in [-0.3, -0.25) is 4.79 Å². The number of aryl methyl sites for hydroxylation is 1. The Bertz CT molecular complexity index is 510. The summed E-state index contributed by atoms with van der Waals surface area (Å²) in [6.07, 6.45) is 3.39. The summed E-state index contributed by atoms with van der Waals surface area (Å²) in [5.41, 5.74) is 3.35. The summed E-state index contributed by atoms with van der Waals surface area (Å²) in [6.45, 7) is 7.39. The van der Waals surface area contributed by atoms with E-state index < -0.39 is 0 Å². The number of rotatable bonds is 2. The number of hydrogen-bond donors (Lipinski definition) is 1. The van der Waals surface area contributed by atoms with Crippen molar-refractivity contribution in [1.29, 1.82) is 0 Å². The lowest BCUT2D eigenvalue weighted by atomic mass is 9.95. The van der Waals surface area contributed by atoms with Crippen LogP contribution in [0, 0.1) is 11.8 Å². The summed E-state index contributed by atoms with van der Waals surface area (Å²) in [5, 5.41) is 3.40. The summed E-state index contributed by atoms with van der Waals surface area (Å²) < 4.78 is 0. The molecule has 1 atom stereocenters. The first kappa shape index (κ1) is 13.5. The maximum Gasteiger partial charge on any atom is 0.253 e. The Morgan fingerprint density at radius 2 is 2.25 bits per heavy atom. The van der Waals surface area contributed by atoms with Crippen molar-refractivity contribution in [3.63, 3.8) is 0 Å². The number of carbonyl (C=O) groups is 1. The fraction of sp³-hybridized carbons (Fsp3) is 0.588. The second-order valence-corrected chi connectivity index (χ2v) is 6.45. The van der Waals surface area contributed by atoms with Crippen molar-refractivity contribution in [3.05, 3.63) is 29.3 Å². The van der Waals surface area contributed by atoms with Crippen molar-refractivity contribution >= 4 is 11.6 Å². The largest absolute Gasteiger partial charge is 0.385 e. The van der Waals surface area contributed by atoms with E-state index in [9.17, 15) is 4.79 Å². The highest BCUT2D eigenvalue weighted by atomic mass is 16.2. The number of nitrogens with one attached hydrogen (secondary N) is 1. The summed E-state index contributed by atoms with van der Waals surface area (Å²) in [6, 6.07) is 6.13. The van der Waals surface area contributed by atoms with E-state index in [-0.39, 0.29) is 5.91 Å². The van der Waals surface area contributed by atoms with E-state index in [2.05, 4.69) is 31.3 Å². The molecule has 1 saturated heterocycles. The number of anilines is 1. The third-order valence-electron chi connectivity index (χ3n) is 4.75. The number of likely N-dealkylation sites (tertiary alicyclic amines) is 1. The first-order valence-electron chi connectivity index (χ1n) is 7.81. The van der Waals surface area contributed by atoms with Crippen molar-refractivity contribution in [2.45, 2.75) is 33.1 Å². The van der Waals surface area contributed by atoms with Crippen LogP contribution in [0.5, 0.6) is 0 Å². The molecule has 0 saturated carbocycles. The number of fused-ring (bicyclic) bond motifs is 1. The Balaban J connectivity index is 1.74.